The number of hydrogen-bond donors (Lipinski definition) is 2. The highest BCUT2D eigenvalue weighted by Crippen LogP contribution is 2.44. The number of urea groups is 1. The van der Waals surface area contributed by atoms with Gasteiger partial charge in [-0.15, -0.1) is 0 Å². The summed E-state index contributed by atoms with van der Waals surface area (Å²) in [4.78, 5) is 12.4. The molecular weight excluding hydrogens is 318 g/mol. The van der Waals surface area contributed by atoms with Crippen LogP contribution in [0.5, 0.6) is 5.75 Å². The average Bonchev–Trinajstić information content (AvgIpc) is 3.19. The lowest BCUT2D eigenvalue weighted by Gasteiger charge is -2.14. The summed E-state index contributed by atoms with van der Waals surface area (Å²) in [7, 11) is 0. The number of aryl methyl sites for hydroxylation is 1. The third-order valence-corrected chi connectivity index (χ3v) is 4.77. The summed E-state index contributed by atoms with van der Waals surface area (Å²) in [6.45, 7) is 1.83. The summed E-state index contributed by atoms with van der Waals surface area (Å²) in [5, 5.41) is 9.71. The molecule has 1 aromatic heterocycles. The van der Waals surface area contributed by atoms with E-state index in [1.807, 2.05) is 31.2 Å². The Morgan fingerprint density at radius 2 is 2.00 bits per heavy atom. The Labute approximate surface area is 146 Å². The quantitative estimate of drug-likeness (QED) is 0.817. The van der Waals surface area contributed by atoms with Crippen LogP contribution in [0, 0.1) is 6.92 Å². The zero-order valence-electron chi connectivity index (χ0n) is 14.4. The summed E-state index contributed by atoms with van der Waals surface area (Å²) in [5.41, 5.74) is 2.10. The van der Waals surface area contributed by atoms with Crippen LogP contribution in [0.25, 0.3) is 0 Å². The van der Waals surface area contributed by atoms with Gasteiger partial charge in [0.15, 0.2) is 5.76 Å². The van der Waals surface area contributed by atoms with E-state index < -0.39 is 0 Å². The SMILES string of the molecule is Cc1noc(C2CC2)c1NC(=O)Nc1cccc(OC2CCCC2)c1. The summed E-state index contributed by atoms with van der Waals surface area (Å²) < 4.78 is 11.3. The molecule has 0 atom stereocenters. The van der Waals surface area contributed by atoms with Crippen molar-refractivity contribution in [2.24, 2.45) is 0 Å². The number of anilines is 2. The molecule has 0 bridgehead atoms. The van der Waals surface area contributed by atoms with Gasteiger partial charge in [-0.1, -0.05) is 11.2 Å². The molecule has 1 heterocycles. The highest BCUT2D eigenvalue weighted by Gasteiger charge is 2.32. The van der Waals surface area contributed by atoms with Gasteiger partial charge in [0.25, 0.3) is 0 Å². The van der Waals surface area contributed by atoms with E-state index >= 15 is 0 Å². The van der Waals surface area contributed by atoms with Crippen molar-refractivity contribution in [3.63, 3.8) is 0 Å². The van der Waals surface area contributed by atoms with E-state index in [4.69, 9.17) is 9.26 Å². The van der Waals surface area contributed by atoms with Crippen molar-refractivity contribution in [1.29, 1.82) is 0 Å². The predicted octanol–water partition coefficient (Wildman–Crippen LogP) is 4.83. The first kappa shape index (κ1) is 16.0. The molecular formula is C19H23N3O3. The minimum atomic E-state index is -0.300. The standard InChI is InChI=1S/C19H23N3O3/c1-12-17(18(25-22-12)13-9-10-13)21-19(23)20-14-5-4-8-16(11-14)24-15-6-2-3-7-15/h4-5,8,11,13,15H,2-3,6-7,9-10H2,1H3,(H2,20,21,23). The molecule has 2 saturated carbocycles. The number of nitrogens with one attached hydrogen (secondary N) is 2. The van der Waals surface area contributed by atoms with Gasteiger partial charge < -0.3 is 19.9 Å². The predicted molar refractivity (Wildman–Crippen MR) is 95.2 cm³/mol. The Morgan fingerprint density at radius 1 is 1.20 bits per heavy atom. The number of rotatable bonds is 5. The normalized spacial score (nSPS) is 17.5. The fraction of sp³-hybridized carbons (Fsp3) is 0.474. The number of nitrogens with zero attached hydrogens (tertiary/aromatic N) is 1. The van der Waals surface area contributed by atoms with Crippen molar-refractivity contribution >= 4 is 17.4 Å². The van der Waals surface area contributed by atoms with Crippen molar-refractivity contribution in [3.05, 3.63) is 35.7 Å². The molecule has 6 heteroatoms. The number of ether oxygens (including phenoxy) is 1. The van der Waals surface area contributed by atoms with E-state index in [0.29, 0.717) is 29.1 Å². The monoisotopic (exact) mass is 341 g/mol. The van der Waals surface area contributed by atoms with Crippen LogP contribution < -0.4 is 15.4 Å². The van der Waals surface area contributed by atoms with Gasteiger partial charge >= 0.3 is 6.03 Å². The molecule has 0 aliphatic heterocycles. The molecule has 4 rings (SSSR count). The molecule has 6 nitrogen and oxygen atoms in total. The van der Waals surface area contributed by atoms with Gasteiger partial charge in [0.1, 0.15) is 17.1 Å². The molecule has 0 radical (unpaired) electrons. The molecule has 2 N–H and O–H groups in total. The molecule has 0 spiro atoms. The molecule has 132 valence electrons. The summed E-state index contributed by atoms with van der Waals surface area (Å²) in [6, 6.07) is 7.23. The Bertz CT molecular complexity index is 761. The Balaban J connectivity index is 1.40. The second-order valence-corrected chi connectivity index (χ2v) is 6.91. The second kappa shape index (κ2) is 6.78. The van der Waals surface area contributed by atoms with E-state index in [0.717, 1.165) is 37.2 Å². The fourth-order valence-electron chi connectivity index (χ4n) is 3.29. The van der Waals surface area contributed by atoms with Crippen LogP contribution in [0.2, 0.25) is 0 Å². The lowest BCUT2D eigenvalue weighted by atomic mass is 10.2. The van der Waals surface area contributed by atoms with Crippen LogP contribution in [0.4, 0.5) is 16.2 Å². The maximum atomic E-state index is 12.4. The van der Waals surface area contributed by atoms with E-state index in [2.05, 4.69) is 15.8 Å². The first-order valence-corrected chi connectivity index (χ1v) is 9.00. The molecule has 1 aromatic carbocycles. The van der Waals surface area contributed by atoms with Crippen LogP contribution in [0.1, 0.15) is 55.9 Å². The second-order valence-electron chi connectivity index (χ2n) is 6.91. The van der Waals surface area contributed by atoms with Gasteiger partial charge in [-0.25, -0.2) is 4.79 Å². The fourth-order valence-corrected chi connectivity index (χ4v) is 3.29. The highest BCUT2D eigenvalue weighted by atomic mass is 16.5. The molecule has 2 aliphatic carbocycles. The van der Waals surface area contributed by atoms with Gasteiger partial charge in [-0.2, -0.15) is 0 Å². The number of carbonyl (C=O) groups is 1. The van der Waals surface area contributed by atoms with Gasteiger partial charge in [0, 0.05) is 17.7 Å². The lowest BCUT2D eigenvalue weighted by Crippen LogP contribution is -2.20. The zero-order valence-corrected chi connectivity index (χ0v) is 14.4. The van der Waals surface area contributed by atoms with Gasteiger partial charge in [0.2, 0.25) is 0 Å². The maximum Gasteiger partial charge on any atom is 0.323 e. The summed E-state index contributed by atoms with van der Waals surface area (Å²) in [5.74, 6) is 1.97. The third-order valence-electron chi connectivity index (χ3n) is 4.77. The van der Waals surface area contributed by atoms with Gasteiger partial charge in [-0.3, -0.25) is 0 Å². The number of aromatic nitrogens is 1. The maximum absolute atomic E-state index is 12.4. The number of benzene rings is 1. The van der Waals surface area contributed by atoms with Crippen LogP contribution in [0.15, 0.2) is 28.8 Å². The van der Waals surface area contributed by atoms with Crippen molar-refractivity contribution in [2.75, 3.05) is 10.6 Å². The van der Waals surface area contributed by atoms with Crippen LogP contribution in [-0.2, 0) is 0 Å². The zero-order chi connectivity index (χ0) is 17.2. The van der Waals surface area contributed by atoms with Crippen molar-refractivity contribution < 1.29 is 14.1 Å². The largest absolute Gasteiger partial charge is 0.490 e. The van der Waals surface area contributed by atoms with Crippen LogP contribution in [0.3, 0.4) is 0 Å². The van der Waals surface area contributed by atoms with Gasteiger partial charge in [-0.05, 0) is 57.6 Å². The highest BCUT2D eigenvalue weighted by molar-refractivity contribution is 6.00. The number of amides is 2. The van der Waals surface area contributed by atoms with E-state index in [1.165, 1.54) is 12.8 Å². The topological polar surface area (TPSA) is 76.4 Å². The average molecular weight is 341 g/mol. The molecule has 2 aromatic rings. The van der Waals surface area contributed by atoms with Crippen LogP contribution in [-0.4, -0.2) is 17.3 Å². The lowest BCUT2D eigenvalue weighted by molar-refractivity contribution is 0.210. The summed E-state index contributed by atoms with van der Waals surface area (Å²) >= 11 is 0. The number of hydrogen-bond acceptors (Lipinski definition) is 4. The minimum Gasteiger partial charge on any atom is -0.490 e. The molecule has 2 fully saturated rings. The summed E-state index contributed by atoms with van der Waals surface area (Å²) in [6.07, 6.45) is 7.14. The van der Waals surface area contributed by atoms with E-state index in [9.17, 15) is 4.79 Å². The smallest absolute Gasteiger partial charge is 0.323 e. The number of carbonyl (C=O) groups excluding carboxylic acids is 1. The van der Waals surface area contributed by atoms with Crippen molar-refractivity contribution in [3.8, 4) is 5.75 Å². The Kier molecular flexibility index (Phi) is 4.34. The van der Waals surface area contributed by atoms with Crippen molar-refractivity contribution in [2.45, 2.75) is 57.5 Å². The Hall–Kier alpha value is -2.50. The third kappa shape index (κ3) is 3.78. The Morgan fingerprint density at radius 3 is 2.76 bits per heavy atom. The van der Waals surface area contributed by atoms with Crippen molar-refractivity contribution in [1.82, 2.24) is 5.16 Å². The first-order chi connectivity index (χ1) is 12.2. The molecule has 0 unspecified atom stereocenters. The van der Waals surface area contributed by atoms with Gasteiger partial charge in [0.05, 0.1) is 6.10 Å². The molecule has 25 heavy (non-hydrogen) atoms. The first-order valence-electron chi connectivity index (χ1n) is 9.00. The van der Waals surface area contributed by atoms with E-state index in [-0.39, 0.29) is 6.03 Å². The van der Waals surface area contributed by atoms with Crippen LogP contribution >= 0.6 is 0 Å². The molecule has 2 aliphatic rings. The molecule has 0 saturated heterocycles. The molecule has 2 amide bonds. The minimum absolute atomic E-state index is 0.296. The van der Waals surface area contributed by atoms with E-state index in [1.54, 1.807) is 0 Å².